The van der Waals surface area contributed by atoms with E-state index in [0.717, 1.165) is 12.0 Å². The minimum atomic E-state index is 0.107. The predicted molar refractivity (Wildman–Crippen MR) is 41.3 cm³/mol. The fourth-order valence-electron chi connectivity index (χ4n) is 0.853. The van der Waals surface area contributed by atoms with Crippen LogP contribution in [0.3, 0.4) is 0 Å². The standard InChI is InChI=1S/C8H11NO/c1-6-3-4-8(5-9-6)7(2)10/h4-6H,3H2,1-2H3. The lowest BCUT2D eigenvalue weighted by atomic mass is 10.1. The fraction of sp³-hybridized carbons (Fsp3) is 0.500. The average Bonchev–Trinajstić information content (AvgIpc) is 1.88. The zero-order valence-corrected chi connectivity index (χ0v) is 6.29. The largest absolute Gasteiger partial charge is 0.294 e. The molecule has 2 heteroatoms. The van der Waals surface area contributed by atoms with Gasteiger partial charge in [-0.15, -0.1) is 0 Å². The molecular formula is C8H11NO. The van der Waals surface area contributed by atoms with Crippen LogP contribution in [0.4, 0.5) is 0 Å². The first kappa shape index (κ1) is 7.19. The number of rotatable bonds is 1. The van der Waals surface area contributed by atoms with Gasteiger partial charge in [0.15, 0.2) is 5.78 Å². The van der Waals surface area contributed by atoms with Crippen molar-refractivity contribution in [1.82, 2.24) is 0 Å². The Hall–Kier alpha value is -0.920. The second-order valence-electron chi connectivity index (χ2n) is 2.58. The maximum absolute atomic E-state index is 10.7. The molecule has 0 fully saturated rings. The Morgan fingerprint density at radius 1 is 1.80 bits per heavy atom. The first-order valence-electron chi connectivity index (χ1n) is 3.44. The van der Waals surface area contributed by atoms with Gasteiger partial charge < -0.3 is 0 Å². The minimum Gasteiger partial charge on any atom is -0.294 e. The van der Waals surface area contributed by atoms with Crippen molar-refractivity contribution in [2.45, 2.75) is 26.3 Å². The lowest BCUT2D eigenvalue weighted by Gasteiger charge is -2.08. The number of nitrogens with zero attached hydrogens (tertiary/aromatic N) is 1. The van der Waals surface area contributed by atoms with E-state index in [1.165, 1.54) is 0 Å². The van der Waals surface area contributed by atoms with E-state index in [9.17, 15) is 4.79 Å². The quantitative estimate of drug-likeness (QED) is 0.536. The van der Waals surface area contributed by atoms with Crippen molar-refractivity contribution >= 4 is 12.0 Å². The number of hydrogen-bond acceptors (Lipinski definition) is 2. The first-order chi connectivity index (χ1) is 4.70. The molecule has 54 valence electrons. The summed E-state index contributed by atoms with van der Waals surface area (Å²) in [6.07, 6.45) is 4.50. The van der Waals surface area contributed by atoms with Gasteiger partial charge >= 0.3 is 0 Å². The Kier molecular flexibility index (Phi) is 2.00. The van der Waals surface area contributed by atoms with Crippen LogP contribution in [0.5, 0.6) is 0 Å². The van der Waals surface area contributed by atoms with Crippen molar-refractivity contribution in [2.24, 2.45) is 4.99 Å². The van der Waals surface area contributed by atoms with Crippen LogP contribution in [0.2, 0.25) is 0 Å². The summed E-state index contributed by atoms with van der Waals surface area (Å²) in [4.78, 5) is 14.9. The third-order valence-corrected chi connectivity index (χ3v) is 1.55. The lowest BCUT2D eigenvalue weighted by Crippen LogP contribution is -2.08. The number of carbonyl (C=O) groups excluding carboxylic acids is 1. The van der Waals surface area contributed by atoms with Gasteiger partial charge in [0.05, 0.1) is 6.04 Å². The summed E-state index contributed by atoms with van der Waals surface area (Å²) in [5.74, 6) is 0.107. The van der Waals surface area contributed by atoms with Gasteiger partial charge in [-0.05, 0) is 20.3 Å². The van der Waals surface area contributed by atoms with E-state index < -0.39 is 0 Å². The fourth-order valence-corrected chi connectivity index (χ4v) is 0.853. The molecule has 10 heavy (non-hydrogen) atoms. The highest BCUT2D eigenvalue weighted by Gasteiger charge is 2.06. The topological polar surface area (TPSA) is 29.4 Å². The highest BCUT2D eigenvalue weighted by Crippen LogP contribution is 2.07. The number of ketones is 1. The molecule has 0 amide bonds. The summed E-state index contributed by atoms with van der Waals surface area (Å²) in [6, 6.07) is 0.350. The maximum Gasteiger partial charge on any atom is 0.161 e. The summed E-state index contributed by atoms with van der Waals surface area (Å²) in [5, 5.41) is 0. The third-order valence-electron chi connectivity index (χ3n) is 1.55. The van der Waals surface area contributed by atoms with Crippen LogP contribution in [-0.2, 0) is 4.79 Å². The molecule has 0 aromatic rings. The van der Waals surface area contributed by atoms with Crippen LogP contribution in [0.1, 0.15) is 20.3 Å². The zero-order valence-electron chi connectivity index (χ0n) is 6.29. The molecule has 1 unspecified atom stereocenters. The minimum absolute atomic E-state index is 0.107. The van der Waals surface area contributed by atoms with E-state index in [4.69, 9.17) is 0 Å². The summed E-state index contributed by atoms with van der Waals surface area (Å²) < 4.78 is 0. The molecule has 1 aliphatic heterocycles. The molecule has 1 aliphatic rings. The van der Waals surface area contributed by atoms with Crippen LogP contribution in [0.15, 0.2) is 16.6 Å². The lowest BCUT2D eigenvalue weighted by molar-refractivity contribution is -0.113. The number of aliphatic imine (C=N–C) groups is 1. The molecule has 0 aliphatic carbocycles. The van der Waals surface area contributed by atoms with Crippen molar-refractivity contribution in [2.75, 3.05) is 0 Å². The van der Waals surface area contributed by atoms with Crippen LogP contribution < -0.4 is 0 Å². The molecule has 0 aromatic carbocycles. The number of dihydropyridines is 1. The van der Waals surface area contributed by atoms with Gasteiger partial charge in [0.1, 0.15) is 0 Å². The highest BCUT2D eigenvalue weighted by molar-refractivity contribution is 6.12. The Balaban J connectivity index is 2.67. The SMILES string of the molecule is CC(=O)C1=CCC(C)N=C1. The molecule has 0 saturated carbocycles. The second kappa shape index (κ2) is 2.78. The molecule has 0 aromatic heterocycles. The van der Waals surface area contributed by atoms with Gasteiger partial charge in [0, 0.05) is 11.8 Å². The van der Waals surface area contributed by atoms with Gasteiger partial charge in [0.2, 0.25) is 0 Å². The zero-order chi connectivity index (χ0) is 7.56. The van der Waals surface area contributed by atoms with E-state index in [0.29, 0.717) is 6.04 Å². The normalized spacial score (nSPS) is 24.2. The number of Topliss-reactive ketones (excluding diaryl/α,β-unsaturated/α-hetero) is 1. The molecular weight excluding hydrogens is 126 g/mol. The Labute approximate surface area is 60.7 Å². The molecule has 0 radical (unpaired) electrons. The van der Waals surface area contributed by atoms with Gasteiger partial charge in [-0.2, -0.15) is 0 Å². The van der Waals surface area contributed by atoms with Crippen LogP contribution in [0.25, 0.3) is 0 Å². The average molecular weight is 137 g/mol. The summed E-state index contributed by atoms with van der Waals surface area (Å²) in [5.41, 5.74) is 0.748. The molecule has 1 heterocycles. The van der Waals surface area contributed by atoms with Crippen LogP contribution in [-0.4, -0.2) is 18.0 Å². The van der Waals surface area contributed by atoms with E-state index in [1.54, 1.807) is 13.1 Å². The molecule has 0 N–H and O–H groups in total. The molecule has 0 saturated heterocycles. The first-order valence-corrected chi connectivity index (χ1v) is 3.44. The monoisotopic (exact) mass is 137 g/mol. The van der Waals surface area contributed by atoms with E-state index in [2.05, 4.69) is 4.99 Å². The molecule has 0 spiro atoms. The van der Waals surface area contributed by atoms with Crippen molar-refractivity contribution in [3.63, 3.8) is 0 Å². The smallest absolute Gasteiger partial charge is 0.161 e. The van der Waals surface area contributed by atoms with Crippen molar-refractivity contribution in [1.29, 1.82) is 0 Å². The van der Waals surface area contributed by atoms with Crippen molar-refractivity contribution < 1.29 is 4.79 Å². The number of allylic oxidation sites excluding steroid dienone is 1. The Morgan fingerprint density at radius 3 is 2.90 bits per heavy atom. The summed E-state index contributed by atoms with van der Waals surface area (Å²) in [6.45, 7) is 3.59. The molecule has 1 atom stereocenters. The van der Waals surface area contributed by atoms with Gasteiger partial charge in [-0.1, -0.05) is 6.08 Å². The van der Waals surface area contributed by atoms with Gasteiger partial charge in [-0.25, -0.2) is 0 Å². The highest BCUT2D eigenvalue weighted by atomic mass is 16.1. The second-order valence-corrected chi connectivity index (χ2v) is 2.58. The molecule has 0 bridgehead atoms. The Bertz CT molecular complexity index is 203. The van der Waals surface area contributed by atoms with Gasteiger partial charge in [-0.3, -0.25) is 9.79 Å². The van der Waals surface area contributed by atoms with E-state index in [1.807, 2.05) is 13.0 Å². The number of carbonyl (C=O) groups is 1. The number of hydrogen-bond donors (Lipinski definition) is 0. The Morgan fingerprint density at radius 2 is 2.50 bits per heavy atom. The third kappa shape index (κ3) is 1.53. The van der Waals surface area contributed by atoms with E-state index in [-0.39, 0.29) is 5.78 Å². The van der Waals surface area contributed by atoms with Crippen molar-refractivity contribution in [3.8, 4) is 0 Å². The van der Waals surface area contributed by atoms with Crippen LogP contribution in [0, 0.1) is 0 Å². The summed E-state index contributed by atoms with van der Waals surface area (Å²) >= 11 is 0. The van der Waals surface area contributed by atoms with Gasteiger partial charge in [0.25, 0.3) is 0 Å². The van der Waals surface area contributed by atoms with Crippen LogP contribution >= 0.6 is 0 Å². The van der Waals surface area contributed by atoms with E-state index >= 15 is 0 Å². The van der Waals surface area contributed by atoms with Crippen molar-refractivity contribution in [3.05, 3.63) is 11.6 Å². The molecule has 2 nitrogen and oxygen atoms in total. The maximum atomic E-state index is 10.7. The summed E-state index contributed by atoms with van der Waals surface area (Å²) in [7, 11) is 0. The molecule has 1 rings (SSSR count). The predicted octanol–water partition coefficient (Wildman–Crippen LogP) is 1.36.